The molecule has 11 heteroatoms. The van der Waals surface area contributed by atoms with Gasteiger partial charge in [0, 0.05) is 65.3 Å². The van der Waals surface area contributed by atoms with Gasteiger partial charge in [-0.1, -0.05) is 36.4 Å². The number of benzene rings is 3. The summed E-state index contributed by atoms with van der Waals surface area (Å²) in [5, 5.41) is 26.4. The number of Topliss-reactive ketones (excluding diaryl/α,β-unsaturated/α-hetero) is 1. The fourth-order valence-electron chi connectivity index (χ4n) is 7.55. The molecule has 7 rings (SSSR count). The smallest absolute Gasteiger partial charge is 0.269 e. The third-order valence-electron chi connectivity index (χ3n) is 9.12. The van der Waals surface area contributed by atoms with Gasteiger partial charge in [0.15, 0.2) is 11.2 Å². The van der Waals surface area contributed by atoms with Crippen LogP contribution < -0.4 is 10.2 Å². The molecule has 3 aliphatic rings. The number of nitrogens with one attached hydrogen (secondary N) is 2. The Balaban J connectivity index is 1.64. The number of H-pyrrole nitrogens is 1. The molecule has 0 radical (unpaired) electrons. The maximum atomic E-state index is 14.9. The monoisotopic (exact) mass is 546 g/mol. The van der Waals surface area contributed by atoms with Gasteiger partial charge in [0.05, 0.1) is 11.0 Å². The van der Waals surface area contributed by atoms with Gasteiger partial charge in [0.1, 0.15) is 11.0 Å². The summed E-state index contributed by atoms with van der Waals surface area (Å²) in [6.07, 6.45) is 1.52. The Bertz CT molecular complexity index is 1930. The minimum Gasteiger partial charge on any atom is -0.360 e. The number of hydrogen-bond donors (Lipinski definition) is 2. The van der Waals surface area contributed by atoms with E-state index in [-0.39, 0.29) is 23.4 Å². The Labute approximate surface area is 233 Å². The first-order valence-corrected chi connectivity index (χ1v) is 12.9. The number of aromatic nitrogens is 1. The van der Waals surface area contributed by atoms with Crippen LogP contribution in [0.15, 0.2) is 72.9 Å². The number of hydrogen-bond acceptors (Lipinski definition) is 7. The van der Waals surface area contributed by atoms with Crippen molar-refractivity contribution < 1.29 is 19.3 Å². The maximum Gasteiger partial charge on any atom is 0.269 e. The number of non-ortho nitro benzene ring substituents is 1. The van der Waals surface area contributed by atoms with Gasteiger partial charge >= 0.3 is 0 Å². The van der Waals surface area contributed by atoms with Crippen LogP contribution in [0, 0.1) is 26.9 Å². The average molecular weight is 547 g/mol. The number of aromatic amines is 1. The molecule has 1 fully saturated rings. The van der Waals surface area contributed by atoms with E-state index in [4.69, 9.17) is 0 Å². The quantitative estimate of drug-likeness (QED) is 0.227. The summed E-state index contributed by atoms with van der Waals surface area (Å²) in [4.78, 5) is 61.4. The van der Waals surface area contributed by atoms with Crippen molar-refractivity contribution in [2.45, 2.75) is 11.0 Å². The molecule has 0 saturated carbocycles. The van der Waals surface area contributed by atoms with E-state index in [0.717, 1.165) is 0 Å². The van der Waals surface area contributed by atoms with Gasteiger partial charge in [0.2, 0.25) is 5.91 Å². The number of likely N-dealkylation sites (tertiary alicyclic amines) is 1. The third kappa shape index (κ3) is 2.54. The van der Waals surface area contributed by atoms with Gasteiger partial charge in [-0.05, 0) is 30.8 Å². The normalized spacial score (nSPS) is 26.4. The molecule has 0 aliphatic carbocycles. The van der Waals surface area contributed by atoms with Crippen molar-refractivity contribution >= 4 is 45.6 Å². The molecule has 4 aromatic rings. The Morgan fingerprint density at radius 2 is 1.78 bits per heavy atom. The fourth-order valence-corrected chi connectivity index (χ4v) is 7.55. The van der Waals surface area contributed by atoms with Crippen molar-refractivity contribution in [1.29, 1.82) is 5.26 Å². The van der Waals surface area contributed by atoms with Crippen molar-refractivity contribution in [1.82, 2.24) is 9.88 Å². The number of nitrogens with zero attached hydrogens (tertiary/aromatic N) is 4. The van der Waals surface area contributed by atoms with E-state index in [1.54, 1.807) is 54.4 Å². The molecule has 4 heterocycles. The Morgan fingerprint density at radius 1 is 1.05 bits per heavy atom. The van der Waals surface area contributed by atoms with Gasteiger partial charge in [-0.3, -0.25) is 29.4 Å². The summed E-state index contributed by atoms with van der Waals surface area (Å²) in [5.74, 6) is -1.88. The highest BCUT2D eigenvalue weighted by molar-refractivity contribution is 6.24. The fraction of sp³-hybridized carbons (Fsp3) is 0.200. The molecule has 3 aliphatic heterocycles. The van der Waals surface area contributed by atoms with E-state index in [1.807, 2.05) is 6.07 Å². The van der Waals surface area contributed by atoms with Crippen LogP contribution in [0.5, 0.6) is 0 Å². The second-order valence-corrected chi connectivity index (χ2v) is 10.7. The van der Waals surface area contributed by atoms with Crippen LogP contribution in [-0.4, -0.2) is 53.0 Å². The minimum absolute atomic E-state index is 0.192. The molecule has 1 aromatic heterocycles. The number of anilines is 2. The molecular formula is C30H22N6O5. The van der Waals surface area contributed by atoms with E-state index in [9.17, 15) is 29.8 Å². The summed E-state index contributed by atoms with van der Waals surface area (Å²) in [5.41, 5.74) is -4.31. The van der Waals surface area contributed by atoms with Crippen LogP contribution in [-0.2, 0) is 20.5 Å². The van der Waals surface area contributed by atoms with Crippen LogP contribution in [0.3, 0.4) is 0 Å². The van der Waals surface area contributed by atoms with Gasteiger partial charge in [0.25, 0.3) is 11.6 Å². The highest BCUT2D eigenvalue weighted by Crippen LogP contribution is 2.69. The summed E-state index contributed by atoms with van der Waals surface area (Å²) < 4.78 is 0. The van der Waals surface area contributed by atoms with Crippen molar-refractivity contribution in [3.05, 3.63) is 99.7 Å². The van der Waals surface area contributed by atoms with Crippen molar-refractivity contribution in [3.63, 3.8) is 0 Å². The number of carbonyl (C=O) groups is 3. The topological polar surface area (TPSA) is 152 Å². The van der Waals surface area contributed by atoms with Gasteiger partial charge < -0.3 is 15.2 Å². The van der Waals surface area contributed by atoms with Gasteiger partial charge in [-0.25, -0.2) is 0 Å². The molecule has 0 bridgehead atoms. The predicted molar refractivity (Wildman–Crippen MR) is 148 cm³/mol. The second-order valence-electron chi connectivity index (χ2n) is 10.7. The van der Waals surface area contributed by atoms with Crippen LogP contribution in [0.2, 0.25) is 0 Å². The Hall–Kier alpha value is -5.34. The largest absolute Gasteiger partial charge is 0.360 e. The first kappa shape index (κ1) is 24.7. The molecule has 2 amide bonds. The first-order chi connectivity index (χ1) is 19.7. The van der Waals surface area contributed by atoms with Crippen LogP contribution in [0.1, 0.15) is 21.5 Å². The molecule has 2 N–H and O–H groups in total. The van der Waals surface area contributed by atoms with E-state index in [1.165, 1.54) is 36.3 Å². The number of carbonyl (C=O) groups excluding carboxylic acids is 3. The molecule has 2 spiro atoms. The van der Waals surface area contributed by atoms with E-state index in [2.05, 4.69) is 16.4 Å². The number of nitro benzene ring substituents is 1. The van der Waals surface area contributed by atoms with Crippen LogP contribution in [0.4, 0.5) is 17.1 Å². The molecule has 3 aromatic carbocycles. The number of amides is 2. The number of rotatable bonds is 3. The highest BCUT2D eigenvalue weighted by Gasteiger charge is 2.84. The lowest BCUT2D eigenvalue weighted by Gasteiger charge is -2.45. The zero-order valence-corrected chi connectivity index (χ0v) is 22.0. The zero-order valence-electron chi connectivity index (χ0n) is 22.0. The lowest BCUT2D eigenvalue weighted by Crippen LogP contribution is -2.65. The van der Waals surface area contributed by atoms with E-state index >= 15 is 0 Å². The number of nitriles is 1. The van der Waals surface area contributed by atoms with Crippen molar-refractivity contribution in [2.24, 2.45) is 5.41 Å². The minimum atomic E-state index is -2.11. The van der Waals surface area contributed by atoms with E-state index < -0.39 is 38.9 Å². The SMILES string of the molecule is CN1C(=O)[C@@]2(c3cc([N+](=O)[O-])ccc31)N(C)C[C@](C#N)(C(=O)c1c[nH]c3ccccc13)[C@]21C(=O)Nc2ccccc21. The number of likely N-dealkylation sites (N-methyl/N-ethyl adjacent to an activating group) is 2. The molecular weight excluding hydrogens is 524 g/mol. The van der Waals surface area contributed by atoms with Crippen LogP contribution >= 0.6 is 0 Å². The van der Waals surface area contributed by atoms with Gasteiger partial charge in [-0.15, -0.1) is 0 Å². The molecule has 11 nitrogen and oxygen atoms in total. The first-order valence-electron chi connectivity index (χ1n) is 12.9. The molecule has 202 valence electrons. The summed E-state index contributed by atoms with van der Waals surface area (Å²) in [6, 6.07) is 20.1. The number of nitro groups is 1. The van der Waals surface area contributed by atoms with Crippen molar-refractivity contribution in [3.8, 4) is 6.07 Å². The number of ketones is 1. The second kappa shape index (κ2) is 7.87. The molecule has 0 unspecified atom stereocenters. The molecule has 41 heavy (non-hydrogen) atoms. The maximum absolute atomic E-state index is 14.9. The molecule has 1 saturated heterocycles. The lowest BCUT2D eigenvalue weighted by molar-refractivity contribution is -0.385. The summed E-state index contributed by atoms with van der Waals surface area (Å²) in [6.45, 7) is -0.286. The van der Waals surface area contributed by atoms with E-state index in [0.29, 0.717) is 27.8 Å². The standard InChI is InChI=1S/C30H22N6O5/c1-34-16-28(15-31,25(37)19-14-32-22-9-5-3-7-18(19)22)29(20-8-4-6-10-23(20)33-26(29)38)30(34)21-13-17(36(40)41)11-12-24(21)35(2)27(30)39/h3-14,32H,16H2,1-2H3,(H,33,38)/t28-,29+,30-/m1/s1. The average Bonchev–Trinajstić information content (AvgIpc) is 3.66. The zero-order chi connectivity index (χ0) is 28.9. The third-order valence-corrected chi connectivity index (χ3v) is 9.12. The summed E-state index contributed by atoms with van der Waals surface area (Å²) in [7, 11) is 3.10. The molecule has 3 atom stereocenters. The van der Waals surface area contributed by atoms with Crippen molar-refractivity contribution in [2.75, 3.05) is 30.9 Å². The highest BCUT2D eigenvalue weighted by atomic mass is 16.6. The summed E-state index contributed by atoms with van der Waals surface area (Å²) >= 11 is 0. The number of fused-ring (bicyclic) bond motifs is 6. The van der Waals surface area contributed by atoms with Gasteiger partial charge in [-0.2, -0.15) is 5.26 Å². The number of para-hydroxylation sites is 2. The Kier molecular flexibility index (Phi) is 4.74. The predicted octanol–water partition coefficient (Wildman–Crippen LogP) is 3.48. The van der Waals surface area contributed by atoms with Crippen LogP contribution in [0.25, 0.3) is 10.9 Å². The lowest BCUT2D eigenvalue weighted by atomic mass is 9.51. The Morgan fingerprint density at radius 3 is 2.54 bits per heavy atom.